The Kier molecular flexibility index (Phi) is 9.22. The summed E-state index contributed by atoms with van der Waals surface area (Å²) in [7, 11) is 3.48. The molecule has 0 radical (unpaired) electrons. The molecule has 4 nitrogen and oxygen atoms in total. The van der Waals surface area contributed by atoms with Gasteiger partial charge in [-0.1, -0.05) is 36.4 Å². The first-order chi connectivity index (χ1) is 11.2. The minimum absolute atomic E-state index is 0. The van der Waals surface area contributed by atoms with Crippen molar-refractivity contribution in [3.8, 4) is 5.75 Å². The highest BCUT2D eigenvalue weighted by atomic mass is 127. The number of ether oxygens (including phenoxy) is 1. The topological polar surface area (TPSA) is 45.7 Å². The van der Waals surface area contributed by atoms with Crippen LogP contribution in [-0.2, 0) is 13.0 Å². The summed E-state index contributed by atoms with van der Waals surface area (Å²) in [6.45, 7) is 3.63. The third kappa shape index (κ3) is 6.78. The van der Waals surface area contributed by atoms with Gasteiger partial charge in [0.2, 0.25) is 0 Å². The number of guanidine groups is 1. The average molecular weight is 439 g/mol. The van der Waals surface area contributed by atoms with E-state index in [4.69, 9.17) is 4.74 Å². The highest BCUT2D eigenvalue weighted by Gasteiger charge is 2.01. The number of nitrogens with one attached hydrogen (secondary N) is 2. The molecule has 0 aliphatic heterocycles. The van der Waals surface area contributed by atoms with Crippen molar-refractivity contribution in [2.24, 2.45) is 4.99 Å². The molecule has 2 aromatic carbocycles. The summed E-state index contributed by atoms with van der Waals surface area (Å²) in [5.41, 5.74) is 3.68. The molecule has 0 aliphatic rings. The molecule has 0 saturated carbocycles. The Bertz CT molecular complexity index is 644. The zero-order chi connectivity index (χ0) is 16.5. The largest absolute Gasteiger partial charge is 0.497 e. The first-order valence-electron chi connectivity index (χ1n) is 7.84. The van der Waals surface area contributed by atoms with E-state index in [1.807, 2.05) is 18.2 Å². The number of nitrogens with zero attached hydrogens (tertiary/aromatic N) is 1. The van der Waals surface area contributed by atoms with Crippen LogP contribution in [0.5, 0.6) is 5.75 Å². The van der Waals surface area contributed by atoms with E-state index in [0.717, 1.165) is 24.7 Å². The van der Waals surface area contributed by atoms with Gasteiger partial charge in [0, 0.05) is 20.1 Å². The van der Waals surface area contributed by atoms with Crippen molar-refractivity contribution in [2.45, 2.75) is 19.9 Å². The first-order valence-corrected chi connectivity index (χ1v) is 7.84. The van der Waals surface area contributed by atoms with Gasteiger partial charge >= 0.3 is 0 Å². The van der Waals surface area contributed by atoms with Crippen molar-refractivity contribution in [1.29, 1.82) is 0 Å². The minimum Gasteiger partial charge on any atom is -0.497 e. The van der Waals surface area contributed by atoms with Crippen molar-refractivity contribution in [3.05, 3.63) is 65.2 Å². The normalized spacial score (nSPS) is 10.7. The van der Waals surface area contributed by atoms with E-state index in [2.05, 4.69) is 52.9 Å². The van der Waals surface area contributed by atoms with Crippen LogP contribution < -0.4 is 15.4 Å². The van der Waals surface area contributed by atoms with Crippen LogP contribution in [0.25, 0.3) is 0 Å². The average Bonchev–Trinajstić information content (AvgIpc) is 2.58. The molecular formula is C19H26IN3O. The Hall–Kier alpha value is -1.76. The maximum absolute atomic E-state index is 5.31. The van der Waals surface area contributed by atoms with Gasteiger partial charge in [-0.05, 0) is 42.2 Å². The molecule has 2 aromatic rings. The van der Waals surface area contributed by atoms with Gasteiger partial charge in [-0.2, -0.15) is 0 Å². The van der Waals surface area contributed by atoms with Crippen molar-refractivity contribution >= 4 is 29.9 Å². The third-order valence-electron chi connectivity index (χ3n) is 3.58. The minimum atomic E-state index is 0. The van der Waals surface area contributed by atoms with E-state index >= 15 is 0 Å². The number of aryl methyl sites for hydroxylation is 1. The smallest absolute Gasteiger partial charge is 0.191 e. The first kappa shape index (κ1) is 20.3. The molecule has 24 heavy (non-hydrogen) atoms. The lowest BCUT2D eigenvalue weighted by Gasteiger charge is -2.13. The van der Waals surface area contributed by atoms with Gasteiger partial charge in [-0.25, -0.2) is 0 Å². The lowest BCUT2D eigenvalue weighted by molar-refractivity contribution is 0.414. The number of hydrogen-bond acceptors (Lipinski definition) is 2. The van der Waals surface area contributed by atoms with Crippen molar-refractivity contribution in [2.75, 3.05) is 20.7 Å². The van der Waals surface area contributed by atoms with E-state index < -0.39 is 0 Å². The number of rotatable bonds is 6. The highest BCUT2D eigenvalue weighted by Crippen LogP contribution is 2.16. The van der Waals surface area contributed by atoms with E-state index in [9.17, 15) is 0 Å². The molecule has 0 aliphatic carbocycles. The molecule has 0 saturated heterocycles. The van der Waals surface area contributed by atoms with Gasteiger partial charge in [0.15, 0.2) is 5.96 Å². The van der Waals surface area contributed by atoms with Crippen LogP contribution >= 0.6 is 24.0 Å². The molecule has 2 N–H and O–H groups in total. The van der Waals surface area contributed by atoms with E-state index in [-0.39, 0.29) is 24.0 Å². The summed E-state index contributed by atoms with van der Waals surface area (Å²) >= 11 is 0. The Morgan fingerprint density at radius 3 is 2.46 bits per heavy atom. The van der Waals surface area contributed by atoms with Crippen LogP contribution in [0.15, 0.2) is 53.5 Å². The second-order valence-electron chi connectivity index (χ2n) is 5.45. The van der Waals surface area contributed by atoms with Crippen LogP contribution in [0.3, 0.4) is 0 Å². The van der Waals surface area contributed by atoms with Gasteiger partial charge in [-0.15, -0.1) is 24.0 Å². The lowest BCUT2D eigenvalue weighted by atomic mass is 10.1. The number of benzene rings is 2. The Balaban J connectivity index is 0.00000288. The standard InChI is InChI=1S/C19H25N3O.HI/c1-15-11-17(13-18(12-15)23-3)14-22-19(20-2)21-10-9-16-7-5-4-6-8-16;/h4-8,11-13H,9-10,14H2,1-3H3,(H2,20,21,22);1H. The Morgan fingerprint density at radius 1 is 1.04 bits per heavy atom. The van der Waals surface area contributed by atoms with Crippen molar-refractivity contribution < 1.29 is 4.74 Å². The molecule has 0 atom stereocenters. The van der Waals surface area contributed by atoms with Crippen LogP contribution in [0.1, 0.15) is 16.7 Å². The molecular weight excluding hydrogens is 413 g/mol. The summed E-state index contributed by atoms with van der Waals surface area (Å²) in [5, 5.41) is 6.67. The molecule has 5 heteroatoms. The fraction of sp³-hybridized carbons (Fsp3) is 0.316. The SMILES string of the molecule is CN=C(NCCc1ccccc1)NCc1cc(C)cc(OC)c1.I. The number of halogens is 1. The molecule has 0 heterocycles. The number of aliphatic imine (C=N–C) groups is 1. The summed E-state index contributed by atoms with van der Waals surface area (Å²) < 4.78 is 5.31. The monoisotopic (exact) mass is 439 g/mol. The molecule has 0 bridgehead atoms. The van der Waals surface area contributed by atoms with Crippen LogP contribution in [0.4, 0.5) is 0 Å². The molecule has 0 fully saturated rings. The van der Waals surface area contributed by atoms with E-state index in [1.54, 1.807) is 14.2 Å². The fourth-order valence-electron chi connectivity index (χ4n) is 2.42. The van der Waals surface area contributed by atoms with Crippen LogP contribution in [0, 0.1) is 6.92 Å². The van der Waals surface area contributed by atoms with Crippen LogP contribution in [-0.4, -0.2) is 26.7 Å². The number of methoxy groups -OCH3 is 1. The predicted octanol–water partition coefficient (Wildman–Crippen LogP) is 3.53. The molecule has 0 unspecified atom stereocenters. The summed E-state index contributed by atoms with van der Waals surface area (Å²) in [5.74, 6) is 1.69. The molecule has 0 amide bonds. The van der Waals surface area contributed by atoms with Gasteiger partial charge in [0.1, 0.15) is 5.75 Å². The van der Waals surface area contributed by atoms with Crippen molar-refractivity contribution in [3.63, 3.8) is 0 Å². The van der Waals surface area contributed by atoms with E-state index in [1.165, 1.54) is 16.7 Å². The van der Waals surface area contributed by atoms with Crippen molar-refractivity contribution in [1.82, 2.24) is 10.6 Å². The summed E-state index contributed by atoms with van der Waals surface area (Å²) in [6.07, 6.45) is 0.972. The second-order valence-corrected chi connectivity index (χ2v) is 5.45. The maximum atomic E-state index is 5.31. The Morgan fingerprint density at radius 2 is 1.79 bits per heavy atom. The second kappa shape index (κ2) is 10.9. The molecule has 2 rings (SSSR count). The molecule has 130 valence electrons. The van der Waals surface area contributed by atoms with Gasteiger partial charge in [0.25, 0.3) is 0 Å². The zero-order valence-electron chi connectivity index (χ0n) is 14.5. The predicted molar refractivity (Wildman–Crippen MR) is 111 cm³/mol. The Labute approximate surface area is 161 Å². The summed E-state index contributed by atoms with van der Waals surface area (Å²) in [4.78, 5) is 4.26. The van der Waals surface area contributed by atoms with Gasteiger partial charge in [0.05, 0.1) is 7.11 Å². The van der Waals surface area contributed by atoms with Gasteiger partial charge < -0.3 is 15.4 Å². The van der Waals surface area contributed by atoms with Gasteiger partial charge in [-0.3, -0.25) is 4.99 Å². The zero-order valence-corrected chi connectivity index (χ0v) is 16.8. The lowest BCUT2D eigenvalue weighted by Crippen LogP contribution is -2.37. The summed E-state index contributed by atoms with van der Waals surface area (Å²) in [6, 6.07) is 16.6. The highest BCUT2D eigenvalue weighted by molar-refractivity contribution is 14.0. The third-order valence-corrected chi connectivity index (χ3v) is 3.58. The maximum Gasteiger partial charge on any atom is 0.191 e. The van der Waals surface area contributed by atoms with E-state index in [0.29, 0.717) is 6.54 Å². The number of hydrogen-bond donors (Lipinski definition) is 2. The van der Waals surface area contributed by atoms with Crippen LogP contribution in [0.2, 0.25) is 0 Å². The quantitative estimate of drug-likeness (QED) is 0.411. The molecule has 0 aromatic heterocycles. The molecule has 0 spiro atoms. The fourth-order valence-corrected chi connectivity index (χ4v) is 2.42.